The Morgan fingerprint density at radius 3 is 2.74 bits per heavy atom. The molecule has 0 aliphatic carbocycles. The van der Waals surface area contributed by atoms with Crippen molar-refractivity contribution in [2.75, 3.05) is 13.1 Å². The van der Waals surface area contributed by atoms with E-state index in [0.29, 0.717) is 18.1 Å². The quantitative estimate of drug-likeness (QED) is 0.757. The lowest BCUT2D eigenvalue weighted by molar-refractivity contribution is -0.122. The summed E-state index contributed by atoms with van der Waals surface area (Å²) in [5.41, 5.74) is 1.94. The highest BCUT2D eigenvalue weighted by Crippen LogP contribution is 2.32. The summed E-state index contributed by atoms with van der Waals surface area (Å²) in [4.78, 5) is 14.5. The van der Waals surface area contributed by atoms with Crippen LogP contribution in [0.25, 0.3) is 0 Å². The molecule has 1 aliphatic heterocycles. The van der Waals surface area contributed by atoms with Crippen molar-refractivity contribution < 1.29 is 18.3 Å². The summed E-state index contributed by atoms with van der Waals surface area (Å²) in [7, 11) is 0. The van der Waals surface area contributed by atoms with Gasteiger partial charge in [0.05, 0.1) is 6.54 Å². The van der Waals surface area contributed by atoms with Gasteiger partial charge < -0.3 is 10.1 Å². The number of alkyl halides is 2. The second-order valence-electron chi connectivity index (χ2n) is 6.48. The van der Waals surface area contributed by atoms with Gasteiger partial charge >= 0.3 is 6.61 Å². The number of nitrogens with one attached hydrogen (secondary N) is 1. The lowest BCUT2D eigenvalue weighted by atomic mass is 10.0. The molecular formula is C20H21ClF2N2O2. The molecule has 2 aromatic rings. The Morgan fingerprint density at radius 1 is 1.26 bits per heavy atom. The Kier molecular flexibility index (Phi) is 6.63. The third kappa shape index (κ3) is 5.65. The fraction of sp³-hybridized carbons (Fsp3) is 0.350. The molecule has 1 heterocycles. The van der Waals surface area contributed by atoms with Gasteiger partial charge in [-0.1, -0.05) is 35.9 Å². The van der Waals surface area contributed by atoms with Crippen LogP contribution in [-0.4, -0.2) is 30.5 Å². The number of hydrogen-bond acceptors (Lipinski definition) is 3. The van der Waals surface area contributed by atoms with E-state index in [1.54, 1.807) is 12.1 Å². The van der Waals surface area contributed by atoms with E-state index >= 15 is 0 Å². The molecule has 1 amide bonds. The first-order chi connectivity index (χ1) is 13.0. The lowest BCUT2D eigenvalue weighted by Gasteiger charge is -2.24. The molecule has 7 heteroatoms. The van der Waals surface area contributed by atoms with Gasteiger partial charge in [0.2, 0.25) is 5.91 Å². The minimum Gasteiger partial charge on any atom is -0.435 e. The van der Waals surface area contributed by atoms with E-state index in [0.717, 1.165) is 30.5 Å². The van der Waals surface area contributed by atoms with E-state index in [2.05, 4.69) is 15.0 Å². The molecule has 1 atom stereocenters. The Bertz CT molecular complexity index is 771. The van der Waals surface area contributed by atoms with Crippen LogP contribution in [0.3, 0.4) is 0 Å². The van der Waals surface area contributed by atoms with Gasteiger partial charge in [0.1, 0.15) is 5.75 Å². The van der Waals surface area contributed by atoms with Crippen LogP contribution in [0, 0.1) is 0 Å². The van der Waals surface area contributed by atoms with Crippen molar-refractivity contribution in [3.63, 3.8) is 0 Å². The average Bonchev–Trinajstić information content (AvgIpc) is 3.09. The van der Waals surface area contributed by atoms with Gasteiger partial charge in [-0.2, -0.15) is 8.78 Å². The number of likely N-dealkylation sites (tertiary alicyclic amines) is 1. The predicted octanol–water partition coefficient (Wildman–Crippen LogP) is 4.39. The Balaban J connectivity index is 1.51. The molecule has 0 saturated carbocycles. The minimum atomic E-state index is -2.84. The van der Waals surface area contributed by atoms with Crippen molar-refractivity contribution in [1.29, 1.82) is 0 Å². The SMILES string of the molecule is O=C(CN1CCCC1c1cccc(Cl)c1)NCc1ccc(OC(F)F)cc1. The van der Waals surface area contributed by atoms with E-state index in [1.165, 1.54) is 12.1 Å². The second kappa shape index (κ2) is 9.15. The predicted molar refractivity (Wildman–Crippen MR) is 99.9 cm³/mol. The number of carbonyl (C=O) groups is 1. The highest BCUT2D eigenvalue weighted by Gasteiger charge is 2.27. The van der Waals surface area contributed by atoms with Gasteiger partial charge in [0, 0.05) is 17.6 Å². The van der Waals surface area contributed by atoms with Gasteiger partial charge in [0.15, 0.2) is 0 Å². The van der Waals surface area contributed by atoms with Gasteiger partial charge in [-0.05, 0) is 54.8 Å². The van der Waals surface area contributed by atoms with Gasteiger partial charge in [-0.25, -0.2) is 0 Å². The number of amides is 1. The van der Waals surface area contributed by atoms with Crippen molar-refractivity contribution in [2.45, 2.75) is 32.0 Å². The van der Waals surface area contributed by atoms with Crippen molar-refractivity contribution >= 4 is 17.5 Å². The molecule has 1 fully saturated rings. The molecule has 1 unspecified atom stereocenters. The third-order valence-electron chi connectivity index (χ3n) is 4.58. The zero-order valence-corrected chi connectivity index (χ0v) is 15.5. The largest absolute Gasteiger partial charge is 0.435 e. The smallest absolute Gasteiger partial charge is 0.387 e. The summed E-state index contributed by atoms with van der Waals surface area (Å²) in [5.74, 6) is 0.0262. The van der Waals surface area contributed by atoms with Crippen molar-refractivity contribution in [3.8, 4) is 5.75 Å². The molecule has 1 N–H and O–H groups in total. The van der Waals surface area contributed by atoms with Crippen molar-refractivity contribution in [3.05, 3.63) is 64.7 Å². The monoisotopic (exact) mass is 394 g/mol. The molecule has 0 spiro atoms. The molecular weight excluding hydrogens is 374 g/mol. The summed E-state index contributed by atoms with van der Waals surface area (Å²) < 4.78 is 28.6. The van der Waals surface area contributed by atoms with Crippen molar-refractivity contribution in [2.24, 2.45) is 0 Å². The van der Waals surface area contributed by atoms with Crippen LogP contribution in [0.5, 0.6) is 5.75 Å². The summed E-state index contributed by atoms with van der Waals surface area (Å²) in [6.07, 6.45) is 2.04. The summed E-state index contributed by atoms with van der Waals surface area (Å²) in [6.45, 7) is -1.33. The number of hydrogen-bond donors (Lipinski definition) is 1. The summed E-state index contributed by atoms with van der Waals surface area (Å²) >= 11 is 6.08. The van der Waals surface area contributed by atoms with E-state index in [-0.39, 0.29) is 17.7 Å². The highest BCUT2D eigenvalue weighted by atomic mass is 35.5. The Hall–Kier alpha value is -2.18. The number of benzene rings is 2. The molecule has 3 rings (SSSR count). The first-order valence-electron chi connectivity index (χ1n) is 8.81. The zero-order chi connectivity index (χ0) is 19.2. The average molecular weight is 395 g/mol. The van der Waals surface area contributed by atoms with Crippen LogP contribution in [-0.2, 0) is 11.3 Å². The number of halogens is 3. The minimum absolute atomic E-state index is 0.0724. The van der Waals surface area contributed by atoms with E-state index in [4.69, 9.17) is 11.6 Å². The number of nitrogens with zero attached hydrogens (tertiary/aromatic N) is 1. The molecule has 1 aliphatic rings. The normalized spacial score (nSPS) is 17.3. The fourth-order valence-corrected chi connectivity index (χ4v) is 3.54. The molecule has 0 radical (unpaired) electrons. The second-order valence-corrected chi connectivity index (χ2v) is 6.92. The first kappa shape index (κ1) is 19.6. The van der Waals surface area contributed by atoms with E-state index in [1.807, 2.05) is 24.3 Å². The van der Waals surface area contributed by atoms with Crippen LogP contribution in [0.2, 0.25) is 5.02 Å². The molecule has 2 aromatic carbocycles. The maximum atomic E-state index is 12.3. The number of carbonyl (C=O) groups excluding carboxylic acids is 1. The molecule has 0 aromatic heterocycles. The molecule has 1 saturated heterocycles. The highest BCUT2D eigenvalue weighted by molar-refractivity contribution is 6.30. The molecule has 144 valence electrons. The number of ether oxygens (including phenoxy) is 1. The standard InChI is InChI=1S/C20H21ClF2N2O2/c21-16-4-1-3-15(11-16)18-5-2-10-25(18)13-19(26)24-12-14-6-8-17(9-7-14)27-20(22)23/h1,3-4,6-9,11,18,20H,2,5,10,12-13H2,(H,24,26). The Morgan fingerprint density at radius 2 is 2.04 bits per heavy atom. The van der Waals surface area contributed by atoms with Crippen LogP contribution in [0.4, 0.5) is 8.78 Å². The number of rotatable bonds is 7. The maximum absolute atomic E-state index is 12.3. The molecule has 4 nitrogen and oxygen atoms in total. The topological polar surface area (TPSA) is 41.6 Å². The summed E-state index contributed by atoms with van der Waals surface area (Å²) in [6, 6.07) is 14.2. The van der Waals surface area contributed by atoms with Crippen LogP contribution in [0.1, 0.15) is 30.0 Å². The first-order valence-corrected chi connectivity index (χ1v) is 9.19. The van der Waals surface area contributed by atoms with Gasteiger partial charge in [0.25, 0.3) is 0 Å². The maximum Gasteiger partial charge on any atom is 0.387 e. The van der Waals surface area contributed by atoms with Gasteiger partial charge in [-0.15, -0.1) is 0 Å². The van der Waals surface area contributed by atoms with Crippen LogP contribution >= 0.6 is 11.6 Å². The molecule has 0 bridgehead atoms. The summed E-state index contributed by atoms with van der Waals surface area (Å²) in [5, 5.41) is 3.57. The van der Waals surface area contributed by atoms with E-state index < -0.39 is 6.61 Å². The fourth-order valence-electron chi connectivity index (χ4n) is 3.34. The van der Waals surface area contributed by atoms with Crippen LogP contribution in [0.15, 0.2) is 48.5 Å². The Labute approximate surface area is 162 Å². The van der Waals surface area contributed by atoms with Crippen molar-refractivity contribution in [1.82, 2.24) is 10.2 Å². The lowest BCUT2D eigenvalue weighted by Crippen LogP contribution is -2.36. The van der Waals surface area contributed by atoms with Gasteiger partial charge in [-0.3, -0.25) is 9.69 Å². The zero-order valence-electron chi connectivity index (χ0n) is 14.7. The van der Waals surface area contributed by atoms with Crippen LogP contribution < -0.4 is 10.1 Å². The molecule has 27 heavy (non-hydrogen) atoms. The van der Waals surface area contributed by atoms with E-state index in [9.17, 15) is 13.6 Å². The third-order valence-corrected chi connectivity index (χ3v) is 4.82.